The predicted octanol–water partition coefficient (Wildman–Crippen LogP) is 2.37. The summed E-state index contributed by atoms with van der Waals surface area (Å²) in [4.78, 5) is 17.4. The summed E-state index contributed by atoms with van der Waals surface area (Å²) in [6.45, 7) is 4.69. The van der Waals surface area contributed by atoms with Gasteiger partial charge >= 0.3 is 0 Å². The van der Waals surface area contributed by atoms with Crippen molar-refractivity contribution in [2.75, 3.05) is 32.7 Å². The summed E-state index contributed by atoms with van der Waals surface area (Å²) >= 11 is 0. The first-order valence-electron chi connectivity index (χ1n) is 9.44. The first kappa shape index (κ1) is 16.3. The van der Waals surface area contributed by atoms with Crippen LogP contribution in [0.1, 0.15) is 64.2 Å². The van der Waals surface area contributed by atoms with Crippen LogP contribution in [0.5, 0.6) is 0 Å². The van der Waals surface area contributed by atoms with Gasteiger partial charge in [-0.05, 0) is 37.6 Å². The van der Waals surface area contributed by atoms with Crippen LogP contribution in [0.2, 0.25) is 0 Å². The molecule has 3 aliphatic rings. The fourth-order valence-electron chi connectivity index (χ4n) is 4.79. The Morgan fingerprint density at radius 1 is 0.955 bits per heavy atom. The van der Waals surface area contributed by atoms with Crippen LogP contribution < -0.4 is 5.73 Å². The largest absolute Gasteiger partial charge is 0.340 e. The van der Waals surface area contributed by atoms with E-state index in [9.17, 15) is 4.79 Å². The number of hydrogen-bond acceptors (Lipinski definition) is 3. The van der Waals surface area contributed by atoms with Gasteiger partial charge in [0.1, 0.15) is 0 Å². The van der Waals surface area contributed by atoms with Gasteiger partial charge in [-0.15, -0.1) is 0 Å². The average molecular weight is 307 g/mol. The van der Waals surface area contributed by atoms with Crippen LogP contribution in [0.4, 0.5) is 0 Å². The molecule has 2 aliphatic carbocycles. The molecule has 4 nitrogen and oxygen atoms in total. The molecule has 0 radical (unpaired) electrons. The molecule has 3 rings (SSSR count). The Hall–Kier alpha value is -0.610. The quantitative estimate of drug-likeness (QED) is 0.867. The van der Waals surface area contributed by atoms with Crippen LogP contribution in [-0.4, -0.2) is 54.5 Å². The van der Waals surface area contributed by atoms with Gasteiger partial charge < -0.3 is 10.6 Å². The summed E-state index contributed by atoms with van der Waals surface area (Å²) in [6, 6.07) is 0.797. The molecular weight excluding hydrogens is 274 g/mol. The minimum Gasteiger partial charge on any atom is -0.340 e. The van der Waals surface area contributed by atoms with Crippen molar-refractivity contribution in [3.8, 4) is 0 Å². The van der Waals surface area contributed by atoms with Crippen molar-refractivity contribution >= 4 is 5.91 Å². The van der Waals surface area contributed by atoms with Gasteiger partial charge in [0.2, 0.25) is 5.91 Å². The van der Waals surface area contributed by atoms with E-state index in [0.717, 1.165) is 45.1 Å². The van der Waals surface area contributed by atoms with E-state index in [1.165, 1.54) is 44.9 Å². The fourth-order valence-corrected chi connectivity index (χ4v) is 4.79. The summed E-state index contributed by atoms with van der Waals surface area (Å²) in [5.41, 5.74) is 6.15. The van der Waals surface area contributed by atoms with E-state index in [-0.39, 0.29) is 5.41 Å². The molecule has 0 bridgehead atoms. The molecule has 1 heterocycles. The highest BCUT2D eigenvalue weighted by atomic mass is 16.2. The van der Waals surface area contributed by atoms with Crippen LogP contribution in [0.15, 0.2) is 0 Å². The maximum Gasteiger partial charge on any atom is 0.223 e. The van der Waals surface area contributed by atoms with Crippen LogP contribution in [0.3, 0.4) is 0 Å². The third-order valence-electron chi connectivity index (χ3n) is 6.38. The SMILES string of the molecule is NCC1(CC(=O)N2CCN(C3CCCC3)CC2)CCCCC1. The van der Waals surface area contributed by atoms with Gasteiger partial charge in [-0.25, -0.2) is 0 Å². The Bertz CT molecular complexity index is 365. The molecule has 0 spiro atoms. The molecule has 126 valence electrons. The van der Waals surface area contributed by atoms with Gasteiger partial charge in [-0.1, -0.05) is 32.1 Å². The molecule has 4 heteroatoms. The minimum atomic E-state index is 0.109. The van der Waals surface area contributed by atoms with Crippen molar-refractivity contribution in [1.82, 2.24) is 9.80 Å². The summed E-state index contributed by atoms with van der Waals surface area (Å²) in [5.74, 6) is 0.360. The molecule has 3 fully saturated rings. The van der Waals surface area contributed by atoms with E-state index in [0.29, 0.717) is 18.9 Å². The third kappa shape index (κ3) is 3.65. The number of piperazine rings is 1. The predicted molar refractivity (Wildman–Crippen MR) is 89.6 cm³/mol. The molecule has 2 saturated carbocycles. The number of nitrogens with two attached hydrogens (primary N) is 1. The Labute approximate surface area is 135 Å². The van der Waals surface area contributed by atoms with Gasteiger partial charge in [0.05, 0.1) is 0 Å². The van der Waals surface area contributed by atoms with E-state index < -0.39 is 0 Å². The van der Waals surface area contributed by atoms with Crippen molar-refractivity contribution in [2.24, 2.45) is 11.1 Å². The lowest BCUT2D eigenvalue weighted by atomic mass is 9.71. The Morgan fingerprint density at radius 2 is 1.59 bits per heavy atom. The first-order valence-corrected chi connectivity index (χ1v) is 9.44. The van der Waals surface area contributed by atoms with Crippen LogP contribution in [-0.2, 0) is 4.79 Å². The van der Waals surface area contributed by atoms with Gasteiger partial charge in [0.15, 0.2) is 0 Å². The van der Waals surface area contributed by atoms with Crippen molar-refractivity contribution in [1.29, 1.82) is 0 Å². The maximum atomic E-state index is 12.7. The third-order valence-corrected chi connectivity index (χ3v) is 6.38. The molecule has 0 aromatic rings. The molecule has 1 amide bonds. The number of hydrogen-bond donors (Lipinski definition) is 1. The highest BCUT2D eigenvalue weighted by molar-refractivity contribution is 5.77. The van der Waals surface area contributed by atoms with Crippen molar-refractivity contribution in [3.05, 3.63) is 0 Å². The summed E-state index contributed by atoms with van der Waals surface area (Å²) in [7, 11) is 0. The van der Waals surface area contributed by atoms with Crippen molar-refractivity contribution < 1.29 is 4.79 Å². The number of amides is 1. The lowest BCUT2D eigenvalue weighted by Crippen LogP contribution is -2.52. The normalized spacial score (nSPS) is 27.2. The molecule has 0 aromatic heterocycles. The van der Waals surface area contributed by atoms with Crippen LogP contribution in [0.25, 0.3) is 0 Å². The zero-order chi connectivity index (χ0) is 15.4. The van der Waals surface area contributed by atoms with Crippen molar-refractivity contribution in [3.63, 3.8) is 0 Å². The fraction of sp³-hybridized carbons (Fsp3) is 0.944. The first-order chi connectivity index (χ1) is 10.7. The molecule has 22 heavy (non-hydrogen) atoms. The highest BCUT2D eigenvalue weighted by Crippen LogP contribution is 2.39. The van der Waals surface area contributed by atoms with Crippen LogP contribution in [0, 0.1) is 5.41 Å². The smallest absolute Gasteiger partial charge is 0.223 e. The lowest BCUT2D eigenvalue weighted by Gasteiger charge is -2.41. The average Bonchev–Trinajstić information content (AvgIpc) is 3.10. The Balaban J connectivity index is 1.48. The number of carbonyl (C=O) groups is 1. The Morgan fingerprint density at radius 3 is 2.18 bits per heavy atom. The highest BCUT2D eigenvalue weighted by Gasteiger charge is 2.35. The van der Waals surface area contributed by atoms with Gasteiger partial charge in [-0.2, -0.15) is 0 Å². The van der Waals surface area contributed by atoms with Gasteiger partial charge in [0.25, 0.3) is 0 Å². The van der Waals surface area contributed by atoms with E-state index in [1.54, 1.807) is 0 Å². The Kier molecular flexibility index (Phi) is 5.40. The number of rotatable bonds is 4. The van der Waals surface area contributed by atoms with E-state index in [1.807, 2.05) is 0 Å². The monoisotopic (exact) mass is 307 g/mol. The lowest BCUT2D eigenvalue weighted by molar-refractivity contribution is -0.136. The van der Waals surface area contributed by atoms with Crippen LogP contribution >= 0.6 is 0 Å². The number of carbonyl (C=O) groups excluding carboxylic acids is 1. The second kappa shape index (κ2) is 7.31. The van der Waals surface area contributed by atoms with E-state index >= 15 is 0 Å². The molecule has 0 unspecified atom stereocenters. The van der Waals surface area contributed by atoms with E-state index in [2.05, 4.69) is 9.80 Å². The summed E-state index contributed by atoms with van der Waals surface area (Å²) < 4.78 is 0. The van der Waals surface area contributed by atoms with Gasteiger partial charge in [0, 0.05) is 38.6 Å². The topological polar surface area (TPSA) is 49.6 Å². The zero-order valence-corrected chi connectivity index (χ0v) is 14.1. The standard InChI is InChI=1S/C18H33N3O/c19-15-18(8-4-1-5-9-18)14-17(22)21-12-10-20(11-13-21)16-6-2-3-7-16/h16H,1-15,19H2. The second-order valence-corrected chi connectivity index (χ2v) is 7.80. The molecule has 1 saturated heterocycles. The molecule has 2 N–H and O–H groups in total. The minimum absolute atomic E-state index is 0.109. The summed E-state index contributed by atoms with van der Waals surface area (Å²) in [6.07, 6.45) is 12.3. The molecule has 0 atom stereocenters. The molecular formula is C18H33N3O. The number of nitrogens with zero attached hydrogens (tertiary/aromatic N) is 2. The molecule has 1 aliphatic heterocycles. The summed E-state index contributed by atoms with van der Waals surface area (Å²) in [5, 5.41) is 0. The van der Waals surface area contributed by atoms with E-state index in [4.69, 9.17) is 5.73 Å². The van der Waals surface area contributed by atoms with Crippen molar-refractivity contribution in [2.45, 2.75) is 70.3 Å². The van der Waals surface area contributed by atoms with Gasteiger partial charge in [-0.3, -0.25) is 9.69 Å². The second-order valence-electron chi connectivity index (χ2n) is 7.80. The zero-order valence-electron chi connectivity index (χ0n) is 14.1. The molecule has 0 aromatic carbocycles. The maximum absolute atomic E-state index is 12.7.